The lowest BCUT2D eigenvalue weighted by Crippen LogP contribution is -2.86. The lowest BCUT2D eigenvalue weighted by Gasteiger charge is -2.19. The average Bonchev–Trinajstić information content (AvgIpc) is 3.24. The summed E-state index contributed by atoms with van der Waals surface area (Å²) in [5.74, 6) is 1.07. The lowest BCUT2D eigenvalue weighted by molar-refractivity contribution is -0.725. The second-order valence-corrected chi connectivity index (χ2v) is 7.67. The molecule has 0 aliphatic carbocycles. The van der Waals surface area contributed by atoms with Crippen LogP contribution in [0, 0.1) is 6.92 Å². The van der Waals surface area contributed by atoms with Crippen LogP contribution >= 0.6 is 11.6 Å². The number of benzene rings is 3. The number of nitrogens with zero attached hydrogens (tertiary/aromatic N) is 2. The van der Waals surface area contributed by atoms with Crippen LogP contribution in [0.5, 0.6) is 0 Å². The third kappa shape index (κ3) is 4.56. The number of quaternary nitrogens is 1. The van der Waals surface area contributed by atoms with E-state index in [-0.39, 0.29) is 12.1 Å². The average molecular weight is 405 g/mol. The highest BCUT2D eigenvalue weighted by Gasteiger charge is 2.25. The third-order valence-corrected chi connectivity index (χ3v) is 5.21. The molecule has 0 amide bonds. The van der Waals surface area contributed by atoms with Crippen molar-refractivity contribution in [3.05, 3.63) is 106 Å². The molecule has 2 N–H and O–H groups in total. The molecule has 4 nitrogen and oxygen atoms in total. The maximum absolute atomic E-state index is 6.08. The standard InChI is InChI=1S/C24H22ClN3O/c1-16-11-13-19(14-12-16)22(18-7-4-3-5-8-18)26-17(2)23-27-28-24(29-23)20-9-6-10-21(25)15-20/h3-15,17,22,26H,1-2H3/p+1/t17-,22+/m1/s1. The molecule has 4 aromatic rings. The van der Waals surface area contributed by atoms with Crippen LogP contribution in [0.2, 0.25) is 5.02 Å². The molecule has 4 rings (SSSR count). The Morgan fingerprint density at radius 2 is 1.59 bits per heavy atom. The number of nitrogens with two attached hydrogens (primary N) is 1. The van der Waals surface area contributed by atoms with Crippen LogP contribution in [0.25, 0.3) is 11.5 Å². The Labute approximate surface area is 175 Å². The van der Waals surface area contributed by atoms with E-state index in [4.69, 9.17) is 16.0 Å². The van der Waals surface area contributed by atoms with Crippen molar-refractivity contribution in [2.45, 2.75) is 25.9 Å². The minimum atomic E-state index is -0.0121. The molecular weight excluding hydrogens is 382 g/mol. The van der Waals surface area contributed by atoms with Gasteiger partial charge in [-0.25, -0.2) is 0 Å². The van der Waals surface area contributed by atoms with Crippen molar-refractivity contribution < 1.29 is 9.73 Å². The molecule has 0 aliphatic heterocycles. The van der Waals surface area contributed by atoms with Crippen LogP contribution in [-0.4, -0.2) is 10.2 Å². The Morgan fingerprint density at radius 3 is 2.31 bits per heavy atom. The van der Waals surface area contributed by atoms with Crippen LogP contribution in [0.4, 0.5) is 0 Å². The molecule has 0 radical (unpaired) electrons. The first kappa shape index (κ1) is 19.4. The van der Waals surface area contributed by atoms with Crippen LogP contribution in [0.15, 0.2) is 83.3 Å². The highest BCUT2D eigenvalue weighted by Crippen LogP contribution is 2.24. The second kappa shape index (κ2) is 8.60. The van der Waals surface area contributed by atoms with E-state index in [9.17, 15) is 0 Å². The Balaban J connectivity index is 1.60. The van der Waals surface area contributed by atoms with Gasteiger partial charge in [0.05, 0.1) is 0 Å². The molecule has 0 saturated carbocycles. The zero-order valence-electron chi connectivity index (χ0n) is 16.4. The van der Waals surface area contributed by atoms with Gasteiger partial charge in [0.1, 0.15) is 6.04 Å². The topological polar surface area (TPSA) is 55.5 Å². The van der Waals surface area contributed by atoms with Crippen molar-refractivity contribution in [3.63, 3.8) is 0 Å². The number of hydrogen-bond acceptors (Lipinski definition) is 3. The summed E-state index contributed by atoms with van der Waals surface area (Å²) in [6, 6.07) is 26.7. The van der Waals surface area contributed by atoms with Crippen LogP contribution < -0.4 is 5.32 Å². The van der Waals surface area contributed by atoms with E-state index in [0.29, 0.717) is 16.8 Å². The van der Waals surface area contributed by atoms with Crippen molar-refractivity contribution in [3.8, 4) is 11.5 Å². The van der Waals surface area contributed by atoms with Gasteiger partial charge in [0.2, 0.25) is 5.89 Å². The molecule has 1 heterocycles. The Hall–Kier alpha value is -2.95. The molecule has 0 spiro atoms. The second-order valence-electron chi connectivity index (χ2n) is 7.24. The third-order valence-electron chi connectivity index (χ3n) is 4.98. The predicted molar refractivity (Wildman–Crippen MR) is 115 cm³/mol. The molecule has 29 heavy (non-hydrogen) atoms. The smallest absolute Gasteiger partial charge is 0.274 e. The fourth-order valence-electron chi connectivity index (χ4n) is 3.38. The monoisotopic (exact) mass is 404 g/mol. The quantitative estimate of drug-likeness (QED) is 0.485. The summed E-state index contributed by atoms with van der Waals surface area (Å²) >= 11 is 6.08. The van der Waals surface area contributed by atoms with Crippen molar-refractivity contribution in [2.75, 3.05) is 0 Å². The number of halogens is 1. The van der Waals surface area contributed by atoms with E-state index in [1.54, 1.807) is 0 Å². The van der Waals surface area contributed by atoms with Gasteiger partial charge in [-0.05, 0) is 32.0 Å². The summed E-state index contributed by atoms with van der Waals surface area (Å²) < 4.78 is 5.97. The van der Waals surface area contributed by atoms with Gasteiger partial charge in [0.15, 0.2) is 6.04 Å². The molecule has 0 unspecified atom stereocenters. The van der Waals surface area contributed by atoms with E-state index < -0.39 is 0 Å². The van der Waals surface area contributed by atoms with Crippen molar-refractivity contribution in [2.24, 2.45) is 0 Å². The molecule has 0 aliphatic rings. The fourth-order valence-corrected chi connectivity index (χ4v) is 3.57. The molecule has 2 atom stereocenters. The van der Waals surface area contributed by atoms with E-state index in [1.165, 1.54) is 16.7 Å². The largest absolute Gasteiger partial charge is 0.415 e. The van der Waals surface area contributed by atoms with E-state index in [1.807, 2.05) is 30.3 Å². The summed E-state index contributed by atoms with van der Waals surface area (Å²) in [4.78, 5) is 0. The summed E-state index contributed by atoms with van der Waals surface area (Å²) in [6.45, 7) is 4.18. The Morgan fingerprint density at radius 1 is 0.862 bits per heavy atom. The van der Waals surface area contributed by atoms with Gasteiger partial charge in [-0.2, -0.15) is 0 Å². The lowest BCUT2D eigenvalue weighted by atomic mass is 9.97. The van der Waals surface area contributed by atoms with Crippen molar-refractivity contribution >= 4 is 11.6 Å². The molecule has 0 bridgehead atoms. The minimum absolute atomic E-state index is 0.0121. The zero-order chi connectivity index (χ0) is 20.2. The number of aromatic nitrogens is 2. The molecule has 0 saturated heterocycles. The molecule has 146 valence electrons. The molecule has 5 heteroatoms. The normalized spacial score (nSPS) is 13.2. The van der Waals surface area contributed by atoms with Crippen LogP contribution in [-0.2, 0) is 0 Å². The first-order valence-electron chi connectivity index (χ1n) is 9.66. The van der Waals surface area contributed by atoms with Crippen molar-refractivity contribution in [1.82, 2.24) is 10.2 Å². The summed E-state index contributed by atoms with van der Waals surface area (Å²) in [7, 11) is 0. The van der Waals surface area contributed by atoms with E-state index in [0.717, 1.165) is 5.56 Å². The number of hydrogen-bond donors (Lipinski definition) is 1. The number of rotatable bonds is 6. The van der Waals surface area contributed by atoms with Gasteiger partial charge >= 0.3 is 0 Å². The molecule has 1 aromatic heterocycles. The first-order valence-corrected chi connectivity index (χ1v) is 10.0. The SMILES string of the molecule is Cc1ccc([C@@H]([NH2+][C@H](C)c2nnc(-c3cccc(Cl)c3)o2)c2ccccc2)cc1. The molecular formula is C24H23ClN3O+. The highest BCUT2D eigenvalue weighted by molar-refractivity contribution is 6.30. The van der Waals surface area contributed by atoms with Crippen LogP contribution in [0.1, 0.15) is 41.6 Å². The van der Waals surface area contributed by atoms with Crippen LogP contribution in [0.3, 0.4) is 0 Å². The first-order chi connectivity index (χ1) is 14.1. The molecule has 3 aromatic carbocycles. The summed E-state index contributed by atoms with van der Waals surface area (Å²) in [5.41, 5.74) is 4.54. The summed E-state index contributed by atoms with van der Waals surface area (Å²) in [6.07, 6.45) is 0. The number of aryl methyl sites for hydroxylation is 1. The maximum Gasteiger partial charge on any atom is 0.274 e. The van der Waals surface area contributed by atoms with Gasteiger partial charge in [-0.1, -0.05) is 77.8 Å². The van der Waals surface area contributed by atoms with Gasteiger partial charge in [-0.3, -0.25) is 0 Å². The van der Waals surface area contributed by atoms with Gasteiger partial charge in [0.25, 0.3) is 5.89 Å². The summed E-state index contributed by atoms with van der Waals surface area (Å²) in [5, 5.41) is 11.4. The Bertz CT molecular complexity index is 1080. The van der Waals surface area contributed by atoms with E-state index >= 15 is 0 Å². The minimum Gasteiger partial charge on any atom is -0.415 e. The van der Waals surface area contributed by atoms with Crippen molar-refractivity contribution in [1.29, 1.82) is 0 Å². The van der Waals surface area contributed by atoms with Gasteiger partial charge in [-0.15, -0.1) is 10.2 Å². The van der Waals surface area contributed by atoms with E-state index in [2.05, 4.69) is 77.9 Å². The highest BCUT2D eigenvalue weighted by atomic mass is 35.5. The Kier molecular flexibility index (Phi) is 5.74. The molecule has 0 fully saturated rings. The zero-order valence-corrected chi connectivity index (χ0v) is 17.2. The predicted octanol–water partition coefficient (Wildman–Crippen LogP) is 5.11. The van der Waals surface area contributed by atoms with Gasteiger partial charge < -0.3 is 9.73 Å². The maximum atomic E-state index is 6.08. The fraction of sp³-hybridized carbons (Fsp3) is 0.167. The van der Waals surface area contributed by atoms with Gasteiger partial charge in [0, 0.05) is 21.7 Å².